The van der Waals surface area contributed by atoms with Gasteiger partial charge < -0.3 is 20.3 Å². The van der Waals surface area contributed by atoms with Gasteiger partial charge in [-0.2, -0.15) is 0 Å². The van der Waals surface area contributed by atoms with Crippen LogP contribution in [-0.2, 0) is 14.3 Å². The molecule has 0 aliphatic carbocycles. The summed E-state index contributed by atoms with van der Waals surface area (Å²) in [6.07, 6.45) is 5.73. The highest BCUT2D eigenvalue weighted by atomic mass is 16.6. The maximum atomic E-state index is 14.3. The van der Waals surface area contributed by atoms with Crippen LogP contribution in [0.2, 0.25) is 0 Å². The molecule has 3 atom stereocenters. The number of alkyl carbamates (subject to hydrolysis) is 1. The van der Waals surface area contributed by atoms with E-state index in [2.05, 4.69) is 16.6 Å². The first-order chi connectivity index (χ1) is 18.2. The molecule has 0 saturated carbocycles. The van der Waals surface area contributed by atoms with Gasteiger partial charge in [0.1, 0.15) is 17.7 Å². The van der Waals surface area contributed by atoms with Gasteiger partial charge in [0.2, 0.25) is 5.91 Å². The molecule has 0 spiro atoms. The Balaban J connectivity index is 2.67. The van der Waals surface area contributed by atoms with Gasteiger partial charge in [-0.1, -0.05) is 63.1 Å². The number of nitrogens with one attached hydrogen (secondary N) is 2. The molecule has 2 aromatic rings. The number of rotatable bonds is 9. The fourth-order valence-corrected chi connectivity index (χ4v) is 4.39. The number of carbonyl (C=O) groups excluding carboxylic acids is 3. The van der Waals surface area contributed by atoms with Crippen molar-refractivity contribution in [3.63, 3.8) is 0 Å². The Hall–Kier alpha value is -3.79. The van der Waals surface area contributed by atoms with Crippen LogP contribution in [0.15, 0.2) is 42.5 Å². The Morgan fingerprint density at radius 3 is 2.10 bits per heavy atom. The number of hydrogen-bond acceptors (Lipinski definition) is 4. The van der Waals surface area contributed by atoms with Crippen molar-refractivity contribution in [1.29, 1.82) is 0 Å². The third-order valence-electron chi connectivity index (χ3n) is 6.59. The van der Waals surface area contributed by atoms with Crippen molar-refractivity contribution >= 4 is 23.6 Å². The first-order valence-corrected chi connectivity index (χ1v) is 13.5. The van der Waals surface area contributed by atoms with E-state index >= 15 is 0 Å². The smallest absolute Gasteiger partial charge is 0.408 e. The molecule has 7 nitrogen and oxygen atoms in total. The number of carbonyl (C=O) groups is 3. The van der Waals surface area contributed by atoms with Crippen molar-refractivity contribution in [2.45, 2.75) is 92.5 Å². The summed E-state index contributed by atoms with van der Waals surface area (Å²) in [4.78, 5) is 42.8. The van der Waals surface area contributed by atoms with Crippen LogP contribution in [0.3, 0.4) is 0 Å². The average Bonchev–Trinajstić information content (AvgIpc) is 2.85. The minimum atomic E-state index is -1.04. The van der Waals surface area contributed by atoms with Gasteiger partial charge in [-0.3, -0.25) is 9.59 Å². The second-order valence-electron chi connectivity index (χ2n) is 11.3. The minimum absolute atomic E-state index is 0.276. The van der Waals surface area contributed by atoms with Gasteiger partial charge in [-0.05, 0) is 76.6 Å². The lowest BCUT2D eigenvalue weighted by Crippen LogP contribution is -2.56. The summed E-state index contributed by atoms with van der Waals surface area (Å²) < 4.78 is 5.44. The first-order valence-electron chi connectivity index (χ1n) is 13.5. The van der Waals surface area contributed by atoms with Gasteiger partial charge in [0.25, 0.3) is 5.91 Å². The van der Waals surface area contributed by atoms with E-state index in [9.17, 15) is 14.4 Å². The van der Waals surface area contributed by atoms with Gasteiger partial charge in [0.15, 0.2) is 0 Å². The van der Waals surface area contributed by atoms with Gasteiger partial charge in [0, 0.05) is 17.3 Å². The van der Waals surface area contributed by atoms with Crippen LogP contribution < -0.4 is 10.6 Å². The van der Waals surface area contributed by atoms with E-state index in [-0.39, 0.29) is 17.9 Å². The zero-order valence-electron chi connectivity index (χ0n) is 24.7. The molecule has 0 radical (unpaired) electrons. The standard InChI is InChI=1S/C32H43N3O4/c1-11-23(7)35(30(37)26(20(3)4)34-31(38)39-32(8,9)10)28(25-19-14-13-18-24(25)12-2)29(36)33-27-21(5)16-15-17-22(27)6/h2,13-20,23,26,28H,11H2,1,3-10H3,(H,33,36)(H,34,38). The number of benzene rings is 2. The van der Waals surface area contributed by atoms with Crippen LogP contribution in [0, 0.1) is 32.1 Å². The second kappa shape index (κ2) is 13.3. The van der Waals surface area contributed by atoms with Gasteiger partial charge >= 0.3 is 6.09 Å². The third-order valence-corrected chi connectivity index (χ3v) is 6.59. The highest BCUT2D eigenvalue weighted by Crippen LogP contribution is 2.31. The maximum Gasteiger partial charge on any atom is 0.408 e. The quantitative estimate of drug-likeness (QED) is 0.379. The summed E-state index contributed by atoms with van der Waals surface area (Å²) in [5.74, 6) is 1.62. The van der Waals surface area contributed by atoms with Crippen LogP contribution in [-0.4, -0.2) is 40.5 Å². The van der Waals surface area contributed by atoms with Crippen molar-refractivity contribution in [1.82, 2.24) is 10.2 Å². The lowest BCUT2D eigenvalue weighted by molar-refractivity contribution is -0.144. The largest absolute Gasteiger partial charge is 0.444 e. The number of ether oxygens (including phenoxy) is 1. The van der Waals surface area contributed by atoms with E-state index in [1.165, 1.54) is 0 Å². The number of nitrogens with zero attached hydrogens (tertiary/aromatic N) is 1. The number of amides is 3. The molecule has 210 valence electrons. The van der Waals surface area contributed by atoms with Crippen molar-refractivity contribution in [2.24, 2.45) is 5.92 Å². The summed E-state index contributed by atoms with van der Waals surface area (Å²) >= 11 is 0. The lowest BCUT2D eigenvalue weighted by Gasteiger charge is -2.39. The number of para-hydroxylation sites is 1. The average molecular weight is 534 g/mol. The fraction of sp³-hybridized carbons (Fsp3) is 0.469. The first kappa shape index (κ1) is 31.4. The molecule has 0 aliphatic rings. The molecule has 2 rings (SSSR count). The van der Waals surface area contributed by atoms with E-state index in [0.717, 1.165) is 11.1 Å². The van der Waals surface area contributed by atoms with Crippen LogP contribution in [0.1, 0.15) is 83.2 Å². The number of terminal acetylenes is 1. The molecular formula is C32H43N3O4. The molecule has 39 heavy (non-hydrogen) atoms. The van der Waals surface area contributed by atoms with Crippen LogP contribution in [0.5, 0.6) is 0 Å². The summed E-state index contributed by atoms with van der Waals surface area (Å²) in [6.45, 7) is 16.6. The summed E-state index contributed by atoms with van der Waals surface area (Å²) in [7, 11) is 0. The summed E-state index contributed by atoms with van der Waals surface area (Å²) in [6, 6.07) is 10.6. The zero-order valence-corrected chi connectivity index (χ0v) is 24.7. The highest BCUT2D eigenvalue weighted by Gasteiger charge is 2.40. The molecule has 7 heteroatoms. The van der Waals surface area contributed by atoms with Gasteiger partial charge in [0.05, 0.1) is 0 Å². The van der Waals surface area contributed by atoms with Crippen LogP contribution >= 0.6 is 0 Å². The molecule has 0 aromatic heterocycles. The molecule has 2 aromatic carbocycles. The van der Waals surface area contributed by atoms with Gasteiger partial charge in [-0.25, -0.2) is 4.79 Å². The van der Waals surface area contributed by atoms with Crippen molar-refractivity contribution in [2.75, 3.05) is 5.32 Å². The zero-order chi connectivity index (χ0) is 29.5. The van der Waals surface area contributed by atoms with E-state index in [1.807, 2.05) is 59.7 Å². The van der Waals surface area contributed by atoms with Crippen LogP contribution in [0.4, 0.5) is 10.5 Å². The van der Waals surface area contributed by atoms with E-state index < -0.39 is 29.7 Å². The predicted octanol–water partition coefficient (Wildman–Crippen LogP) is 6.14. The van der Waals surface area contributed by atoms with E-state index in [4.69, 9.17) is 11.2 Å². The molecule has 0 aliphatic heterocycles. The predicted molar refractivity (Wildman–Crippen MR) is 156 cm³/mol. The van der Waals surface area contributed by atoms with Gasteiger partial charge in [-0.15, -0.1) is 6.42 Å². The van der Waals surface area contributed by atoms with Crippen molar-refractivity contribution in [3.05, 3.63) is 64.7 Å². The fourth-order valence-electron chi connectivity index (χ4n) is 4.39. The lowest BCUT2D eigenvalue weighted by atomic mass is 9.94. The van der Waals surface area contributed by atoms with E-state index in [1.54, 1.807) is 49.9 Å². The normalized spacial score (nSPS) is 13.6. The third kappa shape index (κ3) is 8.10. The Kier molecular flexibility index (Phi) is 10.7. The number of hydrogen-bond donors (Lipinski definition) is 2. The monoisotopic (exact) mass is 533 g/mol. The molecule has 2 N–H and O–H groups in total. The molecule has 3 amide bonds. The van der Waals surface area contributed by atoms with E-state index in [0.29, 0.717) is 23.2 Å². The van der Waals surface area contributed by atoms with Crippen molar-refractivity contribution in [3.8, 4) is 12.3 Å². The minimum Gasteiger partial charge on any atom is -0.444 e. The Morgan fingerprint density at radius 1 is 1.00 bits per heavy atom. The Morgan fingerprint density at radius 2 is 1.59 bits per heavy atom. The van der Waals surface area contributed by atoms with Crippen molar-refractivity contribution < 1.29 is 19.1 Å². The molecule has 0 saturated heterocycles. The molecule has 0 heterocycles. The highest BCUT2D eigenvalue weighted by molar-refractivity contribution is 6.00. The van der Waals surface area contributed by atoms with Crippen LogP contribution in [0.25, 0.3) is 0 Å². The summed E-state index contributed by atoms with van der Waals surface area (Å²) in [5, 5.41) is 5.82. The number of anilines is 1. The molecule has 3 unspecified atom stereocenters. The molecule has 0 fully saturated rings. The second-order valence-corrected chi connectivity index (χ2v) is 11.3. The topological polar surface area (TPSA) is 87.7 Å². The SMILES string of the molecule is C#Cc1ccccc1C(C(=O)Nc1c(C)cccc1C)N(C(=O)C(NC(=O)OC(C)(C)C)C(C)C)C(C)CC. The Labute approximate surface area is 233 Å². The number of aryl methyl sites for hydroxylation is 2. The Bertz CT molecular complexity index is 1200. The molecular weight excluding hydrogens is 490 g/mol. The molecule has 0 bridgehead atoms. The summed E-state index contributed by atoms with van der Waals surface area (Å²) in [5.41, 5.74) is 2.82. The maximum absolute atomic E-state index is 14.3.